The van der Waals surface area contributed by atoms with E-state index in [0.29, 0.717) is 0 Å². The second-order valence-electron chi connectivity index (χ2n) is 3.07. The maximum Gasteiger partial charge on any atom is 0.0313 e. The smallest absolute Gasteiger partial charge is 0.0313 e. The van der Waals surface area contributed by atoms with Gasteiger partial charge >= 0.3 is 0 Å². The SMILES string of the molecule is CC1=C/C=C\C=C(N)\C=C/C=C\C=C\1. The van der Waals surface area contributed by atoms with Crippen molar-refractivity contribution in [2.24, 2.45) is 5.73 Å². The fourth-order valence-corrected chi connectivity index (χ4v) is 0.987. The molecular weight excluding hydrogens is 170 g/mol. The summed E-state index contributed by atoms with van der Waals surface area (Å²) in [5.74, 6) is 0. The summed E-state index contributed by atoms with van der Waals surface area (Å²) in [6.45, 7) is 2.06. The second kappa shape index (κ2) is 5.81. The molecule has 1 heteroatoms. The van der Waals surface area contributed by atoms with Gasteiger partial charge in [0.05, 0.1) is 0 Å². The molecule has 0 aromatic rings. The van der Waals surface area contributed by atoms with Gasteiger partial charge in [-0.3, -0.25) is 0 Å². The normalized spacial score (nSPS) is 33.5. The van der Waals surface area contributed by atoms with Crippen molar-refractivity contribution >= 4 is 0 Å². The van der Waals surface area contributed by atoms with Crippen LogP contribution in [-0.4, -0.2) is 0 Å². The van der Waals surface area contributed by atoms with Gasteiger partial charge in [0.25, 0.3) is 0 Å². The van der Waals surface area contributed by atoms with Gasteiger partial charge in [-0.1, -0.05) is 54.2 Å². The van der Waals surface area contributed by atoms with Crippen LogP contribution >= 0.6 is 0 Å². The molecule has 0 saturated carbocycles. The minimum absolute atomic E-state index is 0.751. The summed E-state index contributed by atoms with van der Waals surface area (Å²) >= 11 is 0. The van der Waals surface area contributed by atoms with Crippen molar-refractivity contribution in [2.75, 3.05) is 0 Å². The van der Waals surface area contributed by atoms with E-state index in [1.54, 1.807) is 0 Å². The zero-order valence-electron chi connectivity index (χ0n) is 8.35. The zero-order valence-corrected chi connectivity index (χ0v) is 8.35. The van der Waals surface area contributed by atoms with Crippen LogP contribution < -0.4 is 5.73 Å². The number of allylic oxidation sites excluding steroid dienone is 11. The Hall–Kier alpha value is -1.76. The third-order valence-electron chi connectivity index (χ3n) is 1.74. The summed E-state index contributed by atoms with van der Waals surface area (Å²) in [6, 6.07) is 0. The third kappa shape index (κ3) is 4.31. The molecule has 0 radical (unpaired) electrons. The Bertz CT molecular complexity index is 315. The minimum Gasteiger partial charge on any atom is -0.399 e. The van der Waals surface area contributed by atoms with E-state index in [-0.39, 0.29) is 0 Å². The predicted octanol–water partition coefficient (Wildman–Crippen LogP) is 3.01. The third-order valence-corrected chi connectivity index (χ3v) is 1.74. The molecule has 2 N–H and O–H groups in total. The van der Waals surface area contributed by atoms with Crippen LogP contribution in [0.2, 0.25) is 0 Å². The van der Waals surface area contributed by atoms with Gasteiger partial charge in [0.15, 0.2) is 0 Å². The summed E-state index contributed by atoms with van der Waals surface area (Å²) in [4.78, 5) is 0. The molecule has 1 rings (SSSR count). The lowest BCUT2D eigenvalue weighted by Gasteiger charge is -1.89. The molecule has 0 amide bonds. The van der Waals surface area contributed by atoms with Gasteiger partial charge in [-0.15, -0.1) is 0 Å². The van der Waals surface area contributed by atoms with E-state index in [0.717, 1.165) is 5.70 Å². The molecule has 0 fully saturated rings. The minimum atomic E-state index is 0.751. The van der Waals surface area contributed by atoms with E-state index in [2.05, 4.69) is 13.0 Å². The quantitative estimate of drug-likeness (QED) is 0.616. The van der Waals surface area contributed by atoms with Crippen molar-refractivity contribution in [3.05, 3.63) is 72.0 Å². The fraction of sp³-hybridized carbons (Fsp3) is 0.0769. The van der Waals surface area contributed by atoms with Crippen LogP contribution in [-0.2, 0) is 0 Å². The first-order valence-electron chi connectivity index (χ1n) is 4.61. The summed E-state index contributed by atoms with van der Waals surface area (Å²) in [6.07, 6.45) is 19.6. The first kappa shape index (κ1) is 10.3. The van der Waals surface area contributed by atoms with Gasteiger partial charge in [0, 0.05) is 5.70 Å². The molecule has 0 unspecified atom stereocenters. The van der Waals surface area contributed by atoms with Crippen molar-refractivity contribution in [2.45, 2.75) is 6.92 Å². The summed E-state index contributed by atoms with van der Waals surface area (Å²) in [5, 5.41) is 0. The molecule has 0 aromatic carbocycles. The number of hydrogen-bond donors (Lipinski definition) is 1. The molecule has 0 atom stereocenters. The van der Waals surface area contributed by atoms with Gasteiger partial charge < -0.3 is 5.73 Å². The Kier molecular flexibility index (Phi) is 4.29. The molecule has 0 aliphatic heterocycles. The highest BCUT2D eigenvalue weighted by atomic mass is 14.5. The maximum atomic E-state index is 5.70. The Morgan fingerprint density at radius 1 is 0.786 bits per heavy atom. The van der Waals surface area contributed by atoms with Crippen LogP contribution in [0.5, 0.6) is 0 Å². The number of hydrogen-bond acceptors (Lipinski definition) is 1. The van der Waals surface area contributed by atoms with Gasteiger partial charge in [-0.25, -0.2) is 0 Å². The monoisotopic (exact) mass is 185 g/mol. The standard InChI is InChI=1S/C13H15N/c1-12-8-4-2-3-5-10-13(14)11-7-6-9-12/h2-11H,14H2,1H3/b3-2-,4-2?,5-3?,7-6-,8-4+,9-6?,10-5-,11-7?,12-8?,12-9-,13-10?,13-11-. The van der Waals surface area contributed by atoms with Crippen molar-refractivity contribution in [3.63, 3.8) is 0 Å². The molecule has 0 bridgehead atoms. The molecule has 1 aliphatic rings. The van der Waals surface area contributed by atoms with Crippen LogP contribution in [0.4, 0.5) is 0 Å². The highest BCUT2D eigenvalue weighted by Crippen LogP contribution is 1.98. The zero-order chi connectivity index (χ0) is 10.2. The number of rotatable bonds is 0. The summed E-state index contributed by atoms with van der Waals surface area (Å²) in [7, 11) is 0. The van der Waals surface area contributed by atoms with E-state index < -0.39 is 0 Å². The summed E-state index contributed by atoms with van der Waals surface area (Å²) in [5.41, 5.74) is 7.66. The molecule has 0 spiro atoms. The molecule has 14 heavy (non-hydrogen) atoms. The highest BCUT2D eigenvalue weighted by molar-refractivity contribution is 5.30. The average molecular weight is 185 g/mol. The molecule has 72 valence electrons. The molecular formula is C13H15N. The van der Waals surface area contributed by atoms with E-state index in [9.17, 15) is 0 Å². The average Bonchev–Trinajstić information content (AvgIpc) is 2.16. The first-order chi connectivity index (χ1) is 6.79. The Morgan fingerprint density at radius 2 is 1.43 bits per heavy atom. The molecule has 0 heterocycles. The van der Waals surface area contributed by atoms with Crippen molar-refractivity contribution in [1.29, 1.82) is 0 Å². The summed E-state index contributed by atoms with van der Waals surface area (Å²) < 4.78 is 0. The topological polar surface area (TPSA) is 26.0 Å². The van der Waals surface area contributed by atoms with Crippen LogP contribution in [0.15, 0.2) is 72.0 Å². The van der Waals surface area contributed by atoms with Crippen molar-refractivity contribution < 1.29 is 0 Å². The van der Waals surface area contributed by atoms with Gasteiger partial charge in [0.2, 0.25) is 0 Å². The fourth-order valence-electron chi connectivity index (χ4n) is 0.987. The van der Waals surface area contributed by atoms with Crippen LogP contribution in [0.1, 0.15) is 6.92 Å². The Labute approximate surface area is 85.3 Å². The van der Waals surface area contributed by atoms with E-state index >= 15 is 0 Å². The lowest BCUT2D eigenvalue weighted by molar-refractivity contribution is 1.42. The largest absolute Gasteiger partial charge is 0.399 e. The van der Waals surface area contributed by atoms with Gasteiger partial charge in [-0.05, 0) is 19.1 Å². The van der Waals surface area contributed by atoms with Gasteiger partial charge in [-0.2, -0.15) is 0 Å². The molecule has 1 nitrogen and oxygen atoms in total. The maximum absolute atomic E-state index is 5.70. The van der Waals surface area contributed by atoms with Crippen molar-refractivity contribution in [3.8, 4) is 0 Å². The number of nitrogens with two attached hydrogens (primary N) is 1. The van der Waals surface area contributed by atoms with Crippen LogP contribution in [0.3, 0.4) is 0 Å². The lowest BCUT2D eigenvalue weighted by atomic mass is 10.2. The highest BCUT2D eigenvalue weighted by Gasteiger charge is 1.79. The van der Waals surface area contributed by atoms with Crippen molar-refractivity contribution in [1.82, 2.24) is 0 Å². The first-order valence-corrected chi connectivity index (χ1v) is 4.61. The predicted molar refractivity (Wildman–Crippen MR) is 62.6 cm³/mol. The van der Waals surface area contributed by atoms with E-state index in [1.807, 2.05) is 54.7 Å². The van der Waals surface area contributed by atoms with E-state index in [1.165, 1.54) is 5.57 Å². The van der Waals surface area contributed by atoms with Crippen LogP contribution in [0, 0.1) is 0 Å². The molecule has 0 saturated heterocycles. The lowest BCUT2D eigenvalue weighted by Crippen LogP contribution is -1.90. The van der Waals surface area contributed by atoms with E-state index in [4.69, 9.17) is 5.73 Å². The Morgan fingerprint density at radius 3 is 2.21 bits per heavy atom. The Balaban J connectivity index is 2.88. The molecule has 1 aliphatic carbocycles. The van der Waals surface area contributed by atoms with Crippen LogP contribution in [0.25, 0.3) is 0 Å². The van der Waals surface area contributed by atoms with Gasteiger partial charge in [0.1, 0.15) is 0 Å². The molecule has 0 aromatic heterocycles. The second-order valence-corrected chi connectivity index (χ2v) is 3.07.